The van der Waals surface area contributed by atoms with Gasteiger partial charge in [-0.1, -0.05) is 0 Å². The zero-order valence-electron chi connectivity index (χ0n) is 13.6. The normalized spacial score (nSPS) is 12.2. The van der Waals surface area contributed by atoms with Gasteiger partial charge in [0.25, 0.3) is 0 Å². The van der Waals surface area contributed by atoms with Gasteiger partial charge >= 0.3 is 11.9 Å². The molecule has 0 amide bonds. The van der Waals surface area contributed by atoms with E-state index < -0.39 is 27.0 Å². The molecule has 2 aromatic rings. The van der Waals surface area contributed by atoms with Crippen molar-refractivity contribution in [2.24, 2.45) is 0 Å². The maximum Gasteiger partial charge on any atom is 0.352 e. The van der Waals surface area contributed by atoms with Gasteiger partial charge in [-0.15, -0.1) is 0 Å². The Kier molecular flexibility index (Phi) is 9.36. The number of hydrogen-bond donors (Lipinski definition) is 0. The first-order valence-corrected chi connectivity index (χ1v) is 13.3. The second-order valence-corrected chi connectivity index (χ2v) is 11.5. The van der Waals surface area contributed by atoms with Crippen LogP contribution in [0.1, 0.15) is 0 Å². The third-order valence-electron chi connectivity index (χ3n) is 3.01. The van der Waals surface area contributed by atoms with Crippen LogP contribution in [0.25, 0.3) is 0 Å². The maximum atomic E-state index is 12.3. The Bertz CT molecular complexity index is 1090. The minimum Gasteiger partial charge on any atom is -0.744 e. The van der Waals surface area contributed by atoms with E-state index in [1.54, 1.807) is 69.4 Å². The number of halogens is 5. The first kappa shape index (κ1) is 25.4. The van der Waals surface area contributed by atoms with Crippen molar-refractivity contribution in [3.8, 4) is 11.5 Å². The molecule has 0 saturated carbocycles. The second kappa shape index (κ2) is 10.7. The predicted octanol–water partition coefficient (Wildman–Crippen LogP) is 4.92. The molecule has 0 bridgehead atoms. The first-order valence-electron chi connectivity index (χ1n) is 7.10. The van der Waals surface area contributed by atoms with E-state index in [1.165, 1.54) is 12.1 Å². The molecule has 0 aliphatic heterocycles. The van der Waals surface area contributed by atoms with Crippen LogP contribution < -0.4 is 9.47 Å². The molecule has 0 fully saturated rings. The third kappa shape index (κ3) is 7.09. The number of ether oxygens (including phenoxy) is 2. The highest BCUT2D eigenvalue weighted by Gasteiger charge is 2.22. The molecule has 0 aliphatic rings. The molecule has 154 valence electrons. The maximum absolute atomic E-state index is 12.3. The molecule has 0 N–H and O–H groups in total. The molecule has 29 heavy (non-hydrogen) atoms. The van der Waals surface area contributed by atoms with Crippen molar-refractivity contribution < 1.29 is 32.0 Å². The van der Waals surface area contributed by atoms with E-state index in [1.807, 2.05) is 0 Å². The summed E-state index contributed by atoms with van der Waals surface area (Å²) in [5.41, 5.74) is 0. The van der Waals surface area contributed by atoms with Crippen LogP contribution in [-0.4, -0.2) is 24.9 Å². The Morgan fingerprint density at radius 2 is 1.24 bits per heavy atom. The van der Waals surface area contributed by atoms with E-state index in [9.17, 15) is 22.6 Å². The standard InChI is InChI=1S/C16H7Br2I3O7S/c17-12(15(22)27-8-3-1-7(19)2-4-8)13(18)16(23)28-9-5-10(20)14(11(21)6-9)29(24,25)26/h1-6H,(H,24,25,26)/p-1/b13-12-. The Morgan fingerprint density at radius 1 is 0.828 bits per heavy atom. The molecular weight excluding hydrogens is 877 g/mol. The van der Waals surface area contributed by atoms with Gasteiger partial charge in [0.2, 0.25) is 0 Å². The lowest BCUT2D eigenvalue weighted by Gasteiger charge is -2.13. The van der Waals surface area contributed by atoms with E-state index in [4.69, 9.17) is 9.47 Å². The van der Waals surface area contributed by atoms with Gasteiger partial charge in [0.05, 0.1) is 4.90 Å². The minimum absolute atomic E-state index is 0.000507. The summed E-state index contributed by atoms with van der Waals surface area (Å²) in [6, 6.07) is 9.15. The van der Waals surface area contributed by atoms with E-state index in [-0.39, 0.29) is 21.9 Å². The molecule has 0 unspecified atom stereocenters. The summed E-state index contributed by atoms with van der Waals surface area (Å²) in [6.07, 6.45) is 0. The van der Waals surface area contributed by atoms with E-state index >= 15 is 0 Å². The van der Waals surface area contributed by atoms with Gasteiger partial charge < -0.3 is 14.0 Å². The van der Waals surface area contributed by atoms with Crippen LogP contribution in [0.2, 0.25) is 0 Å². The SMILES string of the molecule is O=C(Oc1ccc(I)cc1)/C(Br)=C(/Br)C(=O)Oc1cc(I)c(S(=O)(=O)[O-])c(I)c1. The monoisotopic (exact) mass is 881 g/mol. The lowest BCUT2D eigenvalue weighted by atomic mass is 10.3. The Balaban J connectivity index is 2.20. The van der Waals surface area contributed by atoms with Crippen LogP contribution in [0, 0.1) is 10.7 Å². The fraction of sp³-hybridized carbons (Fsp3) is 0. The number of hydrogen-bond acceptors (Lipinski definition) is 7. The van der Waals surface area contributed by atoms with Crippen molar-refractivity contribution >= 4 is 122 Å². The highest BCUT2D eigenvalue weighted by atomic mass is 127. The molecule has 0 saturated heterocycles. The van der Waals surface area contributed by atoms with Gasteiger partial charge in [0.15, 0.2) is 0 Å². The number of carbonyl (C=O) groups is 2. The molecule has 0 aromatic heterocycles. The van der Waals surface area contributed by atoms with E-state index in [0.717, 1.165) is 3.57 Å². The molecule has 13 heteroatoms. The van der Waals surface area contributed by atoms with Crippen molar-refractivity contribution in [1.29, 1.82) is 0 Å². The number of rotatable bonds is 5. The molecule has 0 heterocycles. The Hall–Kier alpha value is 0.180. The molecule has 2 rings (SSSR count). The van der Waals surface area contributed by atoms with Crippen molar-refractivity contribution in [3.05, 3.63) is 56.1 Å². The number of carbonyl (C=O) groups excluding carboxylic acids is 2. The van der Waals surface area contributed by atoms with Crippen LogP contribution in [0.3, 0.4) is 0 Å². The van der Waals surface area contributed by atoms with Crippen LogP contribution >= 0.6 is 99.6 Å². The Labute approximate surface area is 223 Å². The third-order valence-corrected chi connectivity index (χ3v) is 9.07. The minimum atomic E-state index is -4.68. The second-order valence-electron chi connectivity index (χ2n) is 5.03. The summed E-state index contributed by atoms with van der Waals surface area (Å²) in [4.78, 5) is 24.1. The van der Waals surface area contributed by atoms with Crippen molar-refractivity contribution in [2.75, 3.05) is 0 Å². The summed E-state index contributed by atoms with van der Waals surface area (Å²) < 4.78 is 44.9. The molecule has 2 aromatic carbocycles. The topological polar surface area (TPSA) is 110 Å². The Morgan fingerprint density at radius 3 is 1.66 bits per heavy atom. The lowest BCUT2D eigenvalue weighted by molar-refractivity contribution is -0.132. The zero-order chi connectivity index (χ0) is 21.9. The average Bonchev–Trinajstić information content (AvgIpc) is 2.60. The fourth-order valence-corrected chi connectivity index (χ4v) is 6.59. The lowest BCUT2D eigenvalue weighted by Crippen LogP contribution is -2.15. The number of esters is 2. The largest absolute Gasteiger partial charge is 0.744 e. The van der Waals surface area contributed by atoms with Crippen molar-refractivity contribution in [2.45, 2.75) is 4.90 Å². The van der Waals surface area contributed by atoms with Crippen molar-refractivity contribution in [1.82, 2.24) is 0 Å². The zero-order valence-corrected chi connectivity index (χ0v) is 24.1. The fourth-order valence-electron chi connectivity index (χ4n) is 1.82. The predicted molar refractivity (Wildman–Crippen MR) is 135 cm³/mol. The van der Waals surface area contributed by atoms with Gasteiger partial charge in [0.1, 0.15) is 30.6 Å². The van der Waals surface area contributed by atoms with E-state index in [2.05, 4.69) is 54.5 Å². The summed E-state index contributed by atoms with van der Waals surface area (Å²) in [6.45, 7) is 0. The number of benzene rings is 2. The van der Waals surface area contributed by atoms with E-state index in [0.29, 0.717) is 5.75 Å². The van der Waals surface area contributed by atoms with Gasteiger partial charge in [-0.05, 0) is 136 Å². The molecular formula is C16H6Br2I3O7S-. The summed E-state index contributed by atoms with van der Waals surface area (Å²) in [5, 5.41) is 0. The van der Waals surface area contributed by atoms with Crippen LogP contribution in [0.5, 0.6) is 11.5 Å². The average molecular weight is 883 g/mol. The molecule has 0 atom stereocenters. The molecule has 0 radical (unpaired) electrons. The summed E-state index contributed by atoms with van der Waals surface area (Å²) in [5.74, 6) is -1.47. The highest BCUT2D eigenvalue weighted by Crippen LogP contribution is 2.30. The first-order chi connectivity index (χ1) is 13.4. The van der Waals surface area contributed by atoms with Crippen molar-refractivity contribution in [3.63, 3.8) is 0 Å². The molecule has 0 aliphatic carbocycles. The van der Waals surface area contributed by atoms with Gasteiger partial charge in [-0.25, -0.2) is 18.0 Å². The van der Waals surface area contributed by atoms with Crippen LogP contribution in [-0.2, 0) is 19.7 Å². The molecule has 7 nitrogen and oxygen atoms in total. The van der Waals surface area contributed by atoms with Gasteiger partial charge in [-0.3, -0.25) is 0 Å². The summed E-state index contributed by atoms with van der Waals surface area (Å²) in [7, 11) is -4.68. The smallest absolute Gasteiger partial charge is 0.352 e. The highest BCUT2D eigenvalue weighted by molar-refractivity contribution is 14.1. The molecule has 0 spiro atoms. The van der Waals surface area contributed by atoms with Gasteiger partial charge in [-0.2, -0.15) is 0 Å². The van der Waals surface area contributed by atoms with Crippen LogP contribution in [0.15, 0.2) is 50.3 Å². The van der Waals surface area contributed by atoms with Crippen LogP contribution in [0.4, 0.5) is 0 Å². The van der Waals surface area contributed by atoms with Gasteiger partial charge in [0, 0.05) is 10.7 Å². The summed E-state index contributed by atoms with van der Waals surface area (Å²) >= 11 is 11.4. The quantitative estimate of drug-likeness (QED) is 0.138.